The summed E-state index contributed by atoms with van der Waals surface area (Å²) >= 11 is 0. The van der Waals surface area contributed by atoms with Gasteiger partial charge in [0.15, 0.2) is 0 Å². The first kappa shape index (κ1) is 47.9. The summed E-state index contributed by atoms with van der Waals surface area (Å²) in [5.41, 5.74) is 21.4. The predicted octanol–water partition coefficient (Wildman–Crippen LogP) is 20.1. The zero-order valence-electron chi connectivity index (χ0n) is 46.4. The second kappa shape index (κ2) is 18.9. The summed E-state index contributed by atoms with van der Waals surface area (Å²) in [5, 5.41) is 9.53. The highest BCUT2D eigenvalue weighted by atomic mass is 15.0. The van der Waals surface area contributed by atoms with Crippen LogP contribution in [-0.2, 0) is 0 Å². The van der Waals surface area contributed by atoms with Crippen molar-refractivity contribution in [1.82, 2.24) is 33.2 Å². The first-order valence-corrected chi connectivity index (χ1v) is 29.3. The first-order chi connectivity index (χ1) is 42.7. The molecule has 0 fully saturated rings. The SMILES string of the molecule is c1ccc(-c2nc3c(-c4cc(-n5c6ccccc6c6ccccc65)cc(-n5c6ccccc6c6ccccc65)c4)cnc(-c4cc(-n5c6ccccc6c6ccccc65)cc(-n5c6ccccc6c6ccccc65)c4)c3nc2-c2ccccc2)cc1. The van der Waals surface area contributed by atoms with E-state index in [1.807, 2.05) is 0 Å². The molecule has 7 nitrogen and oxygen atoms in total. The van der Waals surface area contributed by atoms with Crippen molar-refractivity contribution in [2.75, 3.05) is 0 Å². The molecule has 0 aliphatic heterocycles. The maximum Gasteiger partial charge on any atom is 0.116 e. The van der Waals surface area contributed by atoms with Crippen LogP contribution in [0.4, 0.5) is 0 Å². The van der Waals surface area contributed by atoms with Gasteiger partial charge in [0.25, 0.3) is 0 Å². The maximum absolute atomic E-state index is 5.95. The number of hydrogen-bond donors (Lipinski definition) is 0. The Balaban J connectivity index is 0.975. The smallest absolute Gasteiger partial charge is 0.116 e. The van der Waals surface area contributed by atoms with Gasteiger partial charge in [0.1, 0.15) is 11.0 Å². The number of rotatable bonds is 8. The molecule has 6 heterocycles. The lowest BCUT2D eigenvalue weighted by molar-refractivity contribution is 1.13. The van der Waals surface area contributed by atoms with Gasteiger partial charge in [0, 0.05) is 94.3 Å². The molecule has 400 valence electrons. The van der Waals surface area contributed by atoms with E-state index in [1.54, 1.807) is 0 Å². The quantitative estimate of drug-likeness (QED) is 0.152. The third kappa shape index (κ3) is 7.25. The zero-order chi connectivity index (χ0) is 56.4. The average Bonchev–Trinajstić information content (AvgIpc) is 1.94. The minimum Gasteiger partial charge on any atom is -0.309 e. The van der Waals surface area contributed by atoms with Crippen molar-refractivity contribution < 1.29 is 0 Å². The Morgan fingerprint density at radius 2 is 0.465 bits per heavy atom. The van der Waals surface area contributed by atoms with E-state index in [4.69, 9.17) is 15.0 Å². The zero-order valence-corrected chi connectivity index (χ0v) is 46.4. The summed E-state index contributed by atoms with van der Waals surface area (Å²) in [7, 11) is 0. The van der Waals surface area contributed by atoms with E-state index in [9.17, 15) is 0 Å². The van der Waals surface area contributed by atoms with Gasteiger partial charge in [-0.25, -0.2) is 9.97 Å². The minimum atomic E-state index is 0.689. The molecule has 0 saturated carbocycles. The standard InChI is InChI=1S/C79H49N7/c1-3-23-50(24-4-1)76-77(51-25-5-2-6-26-51)82-79-75(53-45-56(85-71-39-19-11-31-62(71)63-32-12-20-40-72(63)85)48-57(46-53)86-73-41-21-13-33-64(73)65-34-14-22-42-74(65)86)80-49-66(78(79)81-76)52-43-54(83-67-35-15-7-27-58(67)59-28-8-16-36-68(59)83)47-55(44-52)84-69-37-17-9-29-60(69)61-30-10-18-38-70(61)84/h1-49H. The van der Waals surface area contributed by atoms with E-state index in [1.165, 1.54) is 43.1 Å². The average molecular weight is 1100 g/mol. The van der Waals surface area contributed by atoms with Gasteiger partial charge in [-0.05, 0) is 90.5 Å². The molecule has 18 rings (SSSR count). The summed E-state index contributed by atoms with van der Waals surface area (Å²) in [4.78, 5) is 17.6. The molecule has 0 bridgehead atoms. The molecule has 86 heavy (non-hydrogen) atoms. The van der Waals surface area contributed by atoms with E-state index < -0.39 is 0 Å². The highest BCUT2D eigenvalue weighted by Crippen LogP contribution is 2.44. The molecular formula is C79H49N7. The third-order valence-corrected chi connectivity index (χ3v) is 17.5. The van der Waals surface area contributed by atoms with E-state index >= 15 is 0 Å². The van der Waals surface area contributed by atoms with Crippen LogP contribution in [0, 0.1) is 0 Å². The summed E-state index contributed by atoms with van der Waals surface area (Å²) in [5.74, 6) is 0. The van der Waals surface area contributed by atoms with Crippen LogP contribution in [0.3, 0.4) is 0 Å². The molecule has 0 radical (unpaired) electrons. The van der Waals surface area contributed by atoms with Gasteiger partial charge in [-0.2, -0.15) is 0 Å². The molecule has 18 aromatic rings. The maximum atomic E-state index is 5.95. The van der Waals surface area contributed by atoms with E-state index in [-0.39, 0.29) is 0 Å². The minimum absolute atomic E-state index is 0.689. The number of para-hydroxylation sites is 8. The lowest BCUT2D eigenvalue weighted by Crippen LogP contribution is -2.04. The fraction of sp³-hybridized carbons (Fsp3) is 0. The van der Waals surface area contributed by atoms with Crippen molar-refractivity contribution in [3.05, 3.63) is 297 Å². The molecule has 0 unspecified atom stereocenters. The summed E-state index contributed by atoms with van der Waals surface area (Å²) in [6, 6.07) is 105. The largest absolute Gasteiger partial charge is 0.309 e. The van der Waals surface area contributed by atoms with Crippen molar-refractivity contribution in [2.45, 2.75) is 0 Å². The number of aromatic nitrogens is 7. The van der Waals surface area contributed by atoms with Crippen LogP contribution < -0.4 is 0 Å². The lowest BCUT2D eigenvalue weighted by atomic mass is 9.98. The van der Waals surface area contributed by atoms with Gasteiger partial charge in [0.05, 0.1) is 61.2 Å². The highest BCUT2D eigenvalue weighted by molar-refractivity contribution is 6.13. The van der Waals surface area contributed by atoms with E-state index in [2.05, 4.69) is 316 Å². The van der Waals surface area contributed by atoms with Gasteiger partial charge >= 0.3 is 0 Å². The summed E-state index contributed by atoms with van der Waals surface area (Å²) in [6.45, 7) is 0. The Labute approximate surface area is 493 Å². The Morgan fingerprint density at radius 3 is 0.767 bits per heavy atom. The van der Waals surface area contributed by atoms with Crippen molar-refractivity contribution >= 4 is 98.3 Å². The monoisotopic (exact) mass is 1100 g/mol. The highest BCUT2D eigenvalue weighted by Gasteiger charge is 2.25. The van der Waals surface area contributed by atoms with Gasteiger partial charge in [-0.3, -0.25) is 4.98 Å². The normalized spacial score (nSPS) is 12.0. The molecule has 6 aromatic heterocycles. The summed E-state index contributed by atoms with van der Waals surface area (Å²) < 4.78 is 9.65. The molecule has 0 atom stereocenters. The second-order valence-electron chi connectivity index (χ2n) is 22.3. The second-order valence-corrected chi connectivity index (χ2v) is 22.3. The molecule has 0 amide bonds. The van der Waals surface area contributed by atoms with Crippen LogP contribution in [0.1, 0.15) is 0 Å². The van der Waals surface area contributed by atoms with Crippen LogP contribution >= 0.6 is 0 Å². The predicted molar refractivity (Wildman–Crippen MR) is 356 cm³/mol. The topological polar surface area (TPSA) is 58.4 Å². The van der Waals surface area contributed by atoms with Crippen LogP contribution in [-0.4, -0.2) is 33.2 Å². The van der Waals surface area contributed by atoms with Gasteiger partial charge < -0.3 is 18.3 Å². The van der Waals surface area contributed by atoms with Crippen molar-refractivity contribution in [3.63, 3.8) is 0 Å². The molecule has 0 aliphatic carbocycles. The van der Waals surface area contributed by atoms with Gasteiger partial charge in [-0.1, -0.05) is 206 Å². The summed E-state index contributed by atoms with van der Waals surface area (Å²) in [6.07, 6.45) is 2.05. The molecular weight excluding hydrogens is 1050 g/mol. The molecule has 0 N–H and O–H groups in total. The number of fused-ring (bicyclic) bond motifs is 13. The van der Waals surface area contributed by atoms with Crippen LogP contribution in [0.5, 0.6) is 0 Å². The molecule has 7 heteroatoms. The number of nitrogens with zero attached hydrogens (tertiary/aromatic N) is 7. The first-order valence-electron chi connectivity index (χ1n) is 29.3. The molecule has 0 aliphatic rings. The van der Waals surface area contributed by atoms with Crippen molar-refractivity contribution in [2.24, 2.45) is 0 Å². The molecule has 0 saturated heterocycles. The number of hydrogen-bond acceptors (Lipinski definition) is 3. The van der Waals surface area contributed by atoms with Gasteiger partial charge in [-0.15, -0.1) is 0 Å². The Bertz CT molecular complexity index is 4950. The molecule has 0 spiro atoms. The van der Waals surface area contributed by atoms with E-state index in [0.717, 1.165) is 117 Å². The lowest BCUT2D eigenvalue weighted by Gasteiger charge is -2.19. The van der Waals surface area contributed by atoms with Crippen LogP contribution in [0.2, 0.25) is 0 Å². The van der Waals surface area contributed by atoms with Crippen molar-refractivity contribution in [3.8, 4) is 67.6 Å². The van der Waals surface area contributed by atoms with Crippen LogP contribution in [0.25, 0.3) is 166 Å². The fourth-order valence-electron chi connectivity index (χ4n) is 13.9. The third-order valence-electron chi connectivity index (χ3n) is 17.5. The number of pyridine rings is 1. The Hall–Kier alpha value is -11.7. The van der Waals surface area contributed by atoms with Crippen molar-refractivity contribution in [1.29, 1.82) is 0 Å². The number of benzene rings is 12. The molecule has 12 aromatic carbocycles. The Morgan fingerprint density at radius 1 is 0.209 bits per heavy atom. The van der Waals surface area contributed by atoms with Gasteiger partial charge in [0.2, 0.25) is 0 Å². The Kier molecular flexibility index (Phi) is 10.6. The fourth-order valence-corrected chi connectivity index (χ4v) is 13.9. The van der Waals surface area contributed by atoms with E-state index in [0.29, 0.717) is 5.52 Å². The van der Waals surface area contributed by atoms with Crippen LogP contribution in [0.15, 0.2) is 297 Å².